The van der Waals surface area contributed by atoms with Gasteiger partial charge in [-0.2, -0.15) is 0 Å². The molecule has 0 aromatic heterocycles. The molecule has 0 aliphatic carbocycles. The number of benzene rings is 2. The maximum atomic E-state index is 11.6. The fraction of sp³-hybridized carbons (Fsp3) is 0.235. The molecule has 0 aliphatic rings. The second-order valence-corrected chi connectivity index (χ2v) is 4.85. The Balaban J connectivity index is 2.06. The Morgan fingerprint density at radius 3 is 1.75 bits per heavy atom. The van der Waals surface area contributed by atoms with E-state index in [2.05, 4.69) is 29.6 Å². The summed E-state index contributed by atoms with van der Waals surface area (Å²) in [6.07, 6.45) is 1.61. The average molecular weight is 268 g/mol. The SMILES string of the molecule is NCC(=O)NC(Cc1ccccc1)Cc1ccccc1. The van der Waals surface area contributed by atoms with Crippen LogP contribution in [-0.2, 0) is 17.6 Å². The number of hydrogen-bond donors (Lipinski definition) is 2. The van der Waals surface area contributed by atoms with Crippen LogP contribution in [0.4, 0.5) is 0 Å². The summed E-state index contributed by atoms with van der Waals surface area (Å²) < 4.78 is 0. The molecule has 104 valence electrons. The first-order chi connectivity index (χ1) is 9.78. The van der Waals surface area contributed by atoms with Crippen LogP contribution in [0.1, 0.15) is 11.1 Å². The molecule has 3 N–H and O–H groups in total. The van der Waals surface area contributed by atoms with Crippen LogP contribution < -0.4 is 11.1 Å². The van der Waals surface area contributed by atoms with Crippen molar-refractivity contribution >= 4 is 5.91 Å². The third-order valence-electron chi connectivity index (χ3n) is 3.20. The smallest absolute Gasteiger partial charge is 0.233 e. The fourth-order valence-electron chi connectivity index (χ4n) is 2.26. The van der Waals surface area contributed by atoms with Crippen LogP contribution in [0.5, 0.6) is 0 Å². The number of carbonyl (C=O) groups excluding carboxylic acids is 1. The highest BCUT2D eigenvalue weighted by Gasteiger charge is 2.12. The Bertz CT molecular complexity index is 484. The highest BCUT2D eigenvalue weighted by molar-refractivity contribution is 5.78. The van der Waals surface area contributed by atoms with Gasteiger partial charge < -0.3 is 11.1 Å². The molecule has 0 saturated carbocycles. The number of amides is 1. The van der Waals surface area contributed by atoms with Crippen LogP contribution in [0.2, 0.25) is 0 Å². The number of nitrogens with one attached hydrogen (secondary N) is 1. The summed E-state index contributed by atoms with van der Waals surface area (Å²) in [4.78, 5) is 11.6. The van der Waals surface area contributed by atoms with Gasteiger partial charge in [-0.05, 0) is 24.0 Å². The van der Waals surface area contributed by atoms with Gasteiger partial charge in [0.25, 0.3) is 0 Å². The molecule has 0 aliphatic heterocycles. The van der Waals surface area contributed by atoms with Gasteiger partial charge in [0.05, 0.1) is 6.54 Å². The van der Waals surface area contributed by atoms with E-state index in [0.717, 1.165) is 12.8 Å². The second kappa shape index (κ2) is 7.46. The van der Waals surface area contributed by atoms with Crippen molar-refractivity contribution in [3.8, 4) is 0 Å². The summed E-state index contributed by atoms with van der Waals surface area (Å²) in [6.45, 7) is 0.0279. The molecule has 0 spiro atoms. The van der Waals surface area contributed by atoms with Crippen LogP contribution in [0.3, 0.4) is 0 Å². The molecule has 2 aromatic rings. The lowest BCUT2D eigenvalue weighted by molar-refractivity contribution is -0.120. The minimum atomic E-state index is -0.109. The predicted octanol–water partition coefficient (Wildman–Crippen LogP) is 1.92. The zero-order valence-electron chi connectivity index (χ0n) is 11.5. The van der Waals surface area contributed by atoms with Gasteiger partial charge >= 0.3 is 0 Å². The van der Waals surface area contributed by atoms with Crippen molar-refractivity contribution in [2.24, 2.45) is 5.73 Å². The summed E-state index contributed by atoms with van der Waals surface area (Å²) in [7, 11) is 0. The zero-order chi connectivity index (χ0) is 14.2. The molecule has 3 heteroatoms. The third kappa shape index (κ3) is 4.52. The van der Waals surface area contributed by atoms with Crippen molar-refractivity contribution in [1.82, 2.24) is 5.32 Å². The van der Waals surface area contributed by atoms with Gasteiger partial charge in [0, 0.05) is 6.04 Å². The van der Waals surface area contributed by atoms with E-state index in [4.69, 9.17) is 5.73 Å². The molecular formula is C17H20N2O. The zero-order valence-corrected chi connectivity index (χ0v) is 11.5. The van der Waals surface area contributed by atoms with Crippen molar-refractivity contribution in [2.45, 2.75) is 18.9 Å². The summed E-state index contributed by atoms with van der Waals surface area (Å²) in [6, 6.07) is 20.4. The minimum Gasteiger partial charge on any atom is -0.352 e. The van der Waals surface area contributed by atoms with Gasteiger partial charge in [-0.25, -0.2) is 0 Å². The third-order valence-corrected chi connectivity index (χ3v) is 3.20. The molecule has 0 atom stereocenters. The van der Waals surface area contributed by atoms with Gasteiger partial charge in [0.15, 0.2) is 0 Å². The van der Waals surface area contributed by atoms with E-state index in [1.807, 2.05) is 36.4 Å². The Labute approximate surface area is 119 Å². The van der Waals surface area contributed by atoms with E-state index in [-0.39, 0.29) is 18.5 Å². The molecule has 0 unspecified atom stereocenters. The lowest BCUT2D eigenvalue weighted by atomic mass is 9.99. The maximum Gasteiger partial charge on any atom is 0.233 e. The van der Waals surface area contributed by atoms with Crippen molar-refractivity contribution in [3.05, 3.63) is 71.8 Å². The van der Waals surface area contributed by atoms with Crippen LogP contribution in [0, 0.1) is 0 Å². The van der Waals surface area contributed by atoms with E-state index in [1.54, 1.807) is 0 Å². The second-order valence-electron chi connectivity index (χ2n) is 4.85. The molecule has 0 bridgehead atoms. The Hall–Kier alpha value is -2.13. The highest BCUT2D eigenvalue weighted by atomic mass is 16.1. The number of nitrogens with two attached hydrogens (primary N) is 1. The molecular weight excluding hydrogens is 248 g/mol. The van der Waals surface area contributed by atoms with Crippen LogP contribution in [0.25, 0.3) is 0 Å². The first-order valence-electron chi connectivity index (χ1n) is 6.85. The van der Waals surface area contributed by atoms with Crippen molar-refractivity contribution in [2.75, 3.05) is 6.54 Å². The minimum absolute atomic E-state index is 0.0279. The number of carbonyl (C=O) groups is 1. The summed E-state index contributed by atoms with van der Waals surface area (Å²) in [5, 5.41) is 3.00. The summed E-state index contributed by atoms with van der Waals surface area (Å²) in [5.74, 6) is -0.109. The molecule has 0 radical (unpaired) electrons. The lowest BCUT2D eigenvalue weighted by Gasteiger charge is -2.19. The monoisotopic (exact) mass is 268 g/mol. The van der Waals surface area contributed by atoms with Crippen LogP contribution in [-0.4, -0.2) is 18.5 Å². The average Bonchev–Trinajstić information content (AvgIpc) is 2.49. The molecule has 2 aromatic carbocycles. The molecule has 0 saturated heterocycles. The van der Waals surface area contributed by atoms with Crippen molar-refractivity contribution < 1.29 is 4.79 Å². The molecule has 2 rings (SSSR count). The van der Waals surface area contributed by atoms with E-state index >= 15 is 0 Å². The Kier molecular flexibility index (Phi) is 5.33. The molecule has 20 heavy (non-hydrogen) atoms. The molecule has 1 amide bonds. The van der Waals surface area contributed by atoms with Gasteiger partial charge in [0.2, 0.25) is 5.91 Å². The quantitative estimate of drug-likeness (QED) is 0.841. The predicted molar refractivity (Wildman–Crippen MR) is 81.3 cm³/mol. The number of hydrogen-bond acceptors (Lipinski definition) is 2. The van der Waals surface area contributed by atoms with E-state index in [0.29, 0.717) is 0 Å². The number of rotatable bonds is 6. The van der Waals surface area contributed by atoms with Crippen LogP contribution >= 0.6 is 0 Å². The molecule has 0 heterocycles. The van der Waals surface area contributed by atoms with Gasteiger partial charge in [-0.3, -0.25) is 4.79 Å². The Morgan fingerprint density at radius 2 is 1.35 bits per heavy atom. The van der Waals surface area contributed by atoms with Gasteiger partial charge in [-0.1, -0.05) is 60.7 Å². The van der Waals surface area contributed by atoms with Crippen molar-refractivity contribution in [3.63, 3.8) is 0 Å². The van der Waals surface area contributed by atoms with E-state index < -0.39 is 0 Å². The Morgan fingerprint density at radius 1 is 0.900 bits per heavy atom. The van der Waals surface area contributed by atoms with E-state index in [1.165, 1.54) is 11.1 Å². The topological polar surface area (TPSA) is 55.1 Å². The molecule has 3 nitrogen and oxygen atoms in total. The first kappa shape index (κ1) is 14.3. The van der Waals surface area contributed by atoms with Gasteiger partial charge in [-0.15, -0.1) is 0 Å². The standard InChI is InChI=1S/C17H20N2O/c18-13-17(20)19-16(11-14-7-3-1-4-8-14)12-15-9-5-2-6-10-15/h1-10,16H,11-13,18H2,(H,19,20). The maximum absolute atomic E-state index is 11.6. The fourth-order valence-corrected chi connectivity index (χ4v) is 2.26. The van der Waals surface area contributed by atoms with E-state index in [9.17, 15) is 4.79 Å². The molecule has 0 fully saturated rings. The lowest BCUT2D eigenvalue weighted by Crippen LogP contribution is -2.41. The highest BCUT2D eigenvalue weighted by Crippen LogP contribution is 2.09. The summed E-state index contributed by atoms with van der Waals surface area (Å²) in [5.41, 5.74) is 7.82. The van der Waals surface area contributed by atoms with Crippen molar-refractivity contribution in [1.29, 1.82) is 0 Å². The largest absolute Gasteiger partial charge is 0.352 e. The normalized spacial score (nSPS) is 10.5. The first-order valence-corrected chi connectivity index (χ1v) is 6.85. The summed E-state index contributed by atoms with van der Waals surface area (Å²) >= 11 is 0. The van der Waals surface area contributed by atoms with Gasteiger partial charge in [0.1, 0.15) is 0 Å². The van der Waals surface area contributed by atoms with Crippen LogP contribution in [0.15, 0.2) is 60.7 Å².